The van der Waals surface area contributed by atoms with E-state index in [2.05, 4.69) is 30.4 Å². The molecule has 1 nitrogen and oxygen atoms in total. The summed E-state index contributed by atoms with van der Waals surface area (Å²) in [7, 11) is 0. The minimum absolute atomic E-state index is 0.628. The quantitative estimate of drug-likeness (QED) is 0.817. The Kier molecular flexibility index (Phi) is 3.58. The topological polar surface area (TPSA) is 12.0 Å². The third kappa shape index (κ3) is 2.55. The van der Waals surface area contributed by atoms with E-state index in [0.717, 1.165) is 5.92 Å². The molecule has 0 spiro atoms. The zero-order valence-electron chi connectivity index (χ0n) is 11.5. The highest BCUT2D eigenvalue weighted by molar-refractivity contribution is 5.56. The number of aryl methyl sites for hydroxylation is 1. The molecule has 1 N–H and O–H groups in total. The first-order chi connectivity index (χ1) is 8.83. The van der Waals surface area contributed by atoms with Crippen molar-refractivity contribution in [2.45, 2.75) is 64.3 Å². The summed E-state index contributed by atoms with van der Waals surface area (Å²) >= 11 is 0. The van der Waals surface area contributed by atoms with Gasteiger partial charge >= 0.3 is 0 Å². The van der Waals surface area contributed by atoms with Crippen molar-refractivity contribution in [1.29, 1.82) is 0 Å². The molecule has 0 bridgehead atoms. The minimum atomic E-state index is 0.628. The number of nitrogens with one attached hydrogen (secondary N) is 1. The largest absolute Gasteiger partial charge is 0.382 e. The summed E-state index contributed by atoms with van der Waals surface area (Å²) in [6.45, 7) is 2.35. The molecule has 98 valence electrons. The van der Waals surface area contributed by atoms with Crippen LogP contribution in [0.2, 0.25) is 0 Å². The minimum Gasteiger partial charge on any atom is -0.382 e. The van der Waals surface area contributed by atoms with E-state index in [-0.39, 0.29) is 0 Å². The maximum atomic E-state index is 3.77. The Balaban J connectivity index is 1.67. The summed E-state index contributed by atoms with van der Waals surface area (Å²) in [5, 5.41) is 3.77. The summed E-state index contributed by atoms with van der Waals surface area (Å²) in [4.78, 5) is 0. The van der Waals surface area contributed by atoms with Crippen LogP contribution in [0.5, 0.6) is 0 Å². The van der Waals surface area contributed by atoms with Crippen LogP contribution in [0.25, 0.3) is 0 Å². The molecule has 0 aliphatic heterocycles. The molecule has 0 amide bonds. The van der Waals surface area contributed by atoms with E-state index in [0.29, 0.717) is 6.04 Å². The number of anilines is 1. The van der Waals surface area contributed by atoms with Crippen LogP contribution in [0.3, 0.4) is 0 Å². The van der Waals surface area contributed by atoms with Crippen LogP contribution in [0.1, 0.15) is 56.6 Å². The molecule has 3 rings (SSSR count). The lowest BCUT2D eigenvalue weighted by Crippen LogP contribution is -2.24. The zero-order chi connectivity index (χ0) is 12.4. The van der Waals surface area contributed by atoms with Crippen LogP contribution in [-0.2, 0) is 12.8 Å². The van der Waals surface area contributed by atoms with Crippen LogP contribution in [-0.4, -0.2) is 6.04 Å². The molecule has 0 heterocycles. The maximum Gasteiger partial charge on any atom is 0.0377 e. The van der Waals surface area contributed by atoms with Gasteiger partial charge in [0.15, 0.2) is 0 Å². The number of benzene rings is 1. The van der Waals surface area contributed by atoms with Gasteiger partial charge in [-0.3, -0.25) is 0 Å². The number of fused-ring (bicyclic) bond motifs is 1. The average Bonchev–Trinajstić information content (AvgIpc) is 2.34. The molecule has 2 aliphatic carbocycles. The normalized spacial score (nSPS) is 20.9. The van der Waals surface area contributed by atoms with Crippen molar-refractivity contribution in [2.75, 3.05) is 5.32 Å². The third-order valence-corrected chi connectivity index (χ3v) is 4.71. The van der Waals surface area contributed by atoms with Gasteiger partial charge in [-0.15, -0.1) is 0 Å². The molecule has 1 heteroatoms. The van der Waals surface area contributed by atoms with Gasteiger partial charge < -0.3 is 5.32 Å². The van der Waals surface area contributed by atoms with Crippen LogP contribution in [0.15, 0.2) is 18.2 Å². The molecular weight excluding hydrogens is 218 g/mol. The Morgan fingerprint density at radius 3 is 2.78 bits per heavy atom. The lowest BCUT2D eigenvalue weighted by atomic mass is 9.81. The predicted molar refractivity (Wildman–Crippen MR) is 78.1 cm³/mol. The smallest absolute Gasteiger partial charge is 0.0377 e. The Morgan fingerprint density at radius 1 is 1.17 bits per heavy atom. The van der Waals surface area contributed by atoms with Gasteiger partial charge in [-0.05, 0) is 62.1 Å². The number of hydrogen-bond donors (Lipinski definition) is 1. The van der Waals surface area contributed by atoms with Gasteiger partial charge in [0.25, 0.3) is 0 Å². The van der Waals surface area contributed by atoms with E-state index >= 15 is 0 Å². The fraction of sp³-hybridized carbons (Fsp3) is 0.647. The standard InChI is InChI=1S/C17H25N/c1-13(12-14-6-4-7-14)18-17-11-5-9-15-8-2-3-10-16(15)17/h5,9,11,13-14,18H,2-4,6-8,10,12H2,1H3. The van der Waals surface area contributed by atoms with E-state index < -0.39 is 0 Å². The number of rotatable bonds is 4. The fourth-order valence-electron chi connectivity index (χ4n) is 3.47. The molecule has 18 heavy (non-hydrogen) atoms. The summed E-state index contributed by atoms with van der Waals surface area (Å²) in [5.74, 6) is 0.993. The predicted octanol–water partition coefficient (Wildman–Crippen LogP) is 4.56. The van der Waals surface area contributed by atoms with Gasteiger partial charge in [0.05, 0.1) is 0 Å². The fourth-order valence-corrected chi connectivity index (χ4v) is 3.47. The number of hydrogen-bond acceptors (Lipinski definition) is 1. The van der Waals surface area contributed by atoms with E-state index in [9.17, 15) is 0 Å². The Labute approximate surface area is 111 Å². The highest BCUT2D eigenvalue weighted by Crippen LogP contribution is 2.32. The first kappa shape index (κ1) is 12.1. The summed E-state index contributed by atoms with van der Waals surface area (Å²) in [6.07, 6.45) is 11.0. The molecule has 1 aromatic rings. The molecule has 1 saturated carbocycles. The molecule has 2 aliphatic rings. The van der Waals surface area contributed by atoms with Gasteiger partial charge in [0, 0.05) is 11.7 Å². The van der Waals surface area contributed by atoms with E-state index in [1.807, 2.05) is 0 Å². The Hall–Kier alpha value is -0.980. The molecule has 0 aromatic heterocycles. The van der Waals surface area contributed by atoms with Crippen molar-refractivity contribution in [1.82, 2.24) is 0 Å². The van der Waals surface area contributed by atoms with Crippen LogP contribution < -0.4 is 5.32 Å². The van der Waals surface area contributed by atoms with E-state index in [1.165, 1.54) is 57.1 Å². The zero-order valence-corrected chi connectivity index (χ0v) is 11.5. The summed E-state index contributed by atoms with van der Waals surface area (Å²) in [6, 6.07) is 7.45. The first-order valence-electron chi connectivity index (χ1n) is 7.70. The molecule has 0 radical (unpaired) electrons. The van der Waals surface area contributed by atoms with E-state index in [1.54, 1.807) is 11.1 Å². The van der Waals surface area contributed by atoms with Crippen molar-refractivity contribution in [2.24, 2.45) is 5.92 Å². The summed E-state index contributed by atoms with van der Waals surface area (Å²) < 4.78 is 0. The SMILES string of the molecule is CC(CC1CCC1)Nc1cccc2c1CCCC2. The maximum absolute atomic E-state index is 3.77. The Bertz CT molecular complexity index is 406. The van der Waals surface area contributed by atoms with Crippen molar-refractivity contribution in [3.05, 3.63) is 29.3 Å². The second kappa shape index (κ2) is 5.34. The first-order valence-corrected chi connectivity index (χ1v) is 7.70. The van der Waals surface area contributed by atoms with Crippen molar-refractivity contribution < 1.29 is 0 Å². The van der Waals surface area contributed by atoms with E-state index in [4.69, 9.17) is 0 Å². The lowest BCUT2D eigenvalue weighted by molar-refractivity contribution is 0.286. The van der Waals surface area contributed by atoms with Crippen molar-refractivity contribution in [3.8, 4) is 0 Å². The van der Waals surface area contributed by atoms with Gasteiger partial charge in [-0.1, -0.05) is 31.4 Å². The van der Waals surface area contributed by atoms with Gasteiger partial charge in [0.1, 0.15) is 0 Å². The molecule has 1 atom stereocenters. The molecule has 1 fully saturated rings. The van der Waals surface area contributed by atoms with Crippen LogP contribution in [0, 0.1) is 5.92 Å². The summed E-state index contributed by atoms with van der Waals surface area (Å²) in [5.41, 5.74) is 4.60. The second-order valence-corrected chi connectivity index (χ2v) is 6.23. The molecule has 1 unspecified atom stereocenters. The van der Waals surface area contributed by atoms with Crippen molar-refractivity contribution >= 4 is 5.69 Å². The molecule has 1 aromatic carbocycles. The highest BCUT2D eigenvalue weighted by Gasteiger charge is 2.20. The lowest BCUT2D eigenvalue weighted by Gasteiger charge is -2.30. The average molecular weight is 243 g/mol. The van der Waals surface area contributed by atoms with Crippen molar-refractivity contribution in [3.63, 3.8) is 0 Å². The second-order valence-electron chi connectivity index (χ2n) is 6.23. The third-order valence-electron chi connectivity index (χ3n) is 4.71. The molecule has 0 saturated heterocycles. The van der Waals surface area contributed by atoms with Crippen LogP contribution >= 0.6 is 0 Å². The monoisotopic (exact) mass is 243 g/mol. The van der Waals surface area contributed by atoms with Gasteiger partial charge in [-0.25, -0.2) is 0 Å². The van der Waals surface area contributed by atoms with Gasteiger partial charge in [-0.2, -0.15) is 0 Å². The molecular formula is C17H25N. The van der Waals surface area contributed by atoms with Gasteiger partial charge in [0.2, 0.25) is 0 Å². The highest BCUT2D eigenvalue weighted by atomic mass is 14.9. The van der Waals surface area contributed by atoms with Crippen LogP contribution in [0.4, 0.5) is 5.69 Å². The Morgan fingerprint density at radius 2 is 2.00 bits per heavy atom.